The molecule has 0 saturated carbocycles. The van der Waals surface area contributed by atoms with Crippen LogP contribution >= 0.6 is 0 Å². The highest BCUT2D eigenvalue weighted by Gasteiger charge is 2.27. The Balaban J connectivity index is 1.11. The van der Waals surface area contributed by atoms with Crippen LogP contribution in [0.25, 0.3) is 11.0 Å². The molecule has 2 atom stereocenters. The van der Waals surface area contributed by atoms with E-state index >= 15 is 0 Å². The number of rotatable bonds is 9. The number of para-hydroxylation sites is 1. The van der Waals surface area contributed by atoms with E-state index in [2.05, 4.69) is 64.2 Å². The van der Waals surface area contributed by atoms with Crippen LogP contribution in [-0.4, -0.2) is 78.6 Å². The topological polar surface area (TPSA) is 65.2 Å². The smallest absolute Gasteiger partial charge is 0.179 e. The summed E-state index contributed by atoms with van der Waals surface area (Å²) in [4.78, 5) is 7.03. The molecule has 7 heteroatoms. The van der Waals surface area contributed by atoms with E-state index in [0.29, 0.717) is 12.0 Å². The molecule has 3 aromatic rings. The summed E-state index contributed by atoms with van der Waals surface area (Å²) in [6, 6.07) is 17.0. The van der Waals surface area contributed by atoms with Crippen molar-refractivity contribution in [1.82, 2.24) is 15.0 Å². The Kier molecular flexibility index (Phi) is 7.04. The lowest BCUT2D eigenvalue weighted by Gasteiger charge is -2.38. The van der Waals surface area contributed by atoms with E-state index < -0.39 is 0 Å². The van der Waals surface area contributed by atoms with Crippen molar-refractivity contribution in [2.75, 3.05) is 51.3 Å². The molecule has 2 unspecified atom stereocenters. The maximum atomic E-state index is 9.50. The van der Waals surface area contributed by atoms with Crippen molar-refractivity contribution in [3.8, 4) is 5.75 Å². The number of aliphatic hydroxyl groups excluding tert-OH is 1. The molecule has 0 spiro atoms. The zero-order chi connectivity index (χ0) is 23.5. The van der Waals surface area contributed by atoms with Crippen molar-refractivity contribution >= 4 is 16.8 Å². The number of hydrogen-bond acceptors (Lipinski definition) is 7. The Morgan fingerprint density at radius 1 is 1.12 bits per heavy atom. The van der Waals surface area contributed by atoms with Crippen LogP contribution in [0.2, 0.25) is 0 Å². The average molecular weight is 465 g/mol. The number of likely N-dealkylation sites (tertiary alicyclic amines) is 2. The number of piperidine rings is 1. The minimum absolute atomic E-state index is 0.161. The molecule has 2 fully saturated rings. The lowest BCUT2D eigenvalue weighted by atomic mass is 9.94. The summed E-state index contributed by atoms with van der Waals surface area (Å²) in [5.74, 6) is 2.39. The fourth-order valence-electron chi connectivity index (χ4n) is 5.12. The number of anilines is 1. The van der Waals surface area contributed by atoms with E-state index in [1.165, 1.54) is 18.4 Å². The summed E-state index contributed by atoms with van der Waals surface area (Å²) in [6.07, 6.45) is 2.24. The van der Waals surface area contributed by atoms with Gasteiger partial charge >= 0.3 is 0 Å². The number of aromatic nitrogens is 1. The van der Waals surface area contributed by atoms with Gasteiger partial charge in [-0.3, -0.25) is 9.80 Å². The minimum atomic E-state index is -0.161. The predicted octanol–water partition coefficient (Wildman–Crippen LogP) is 3.62. The fraction of sp³-hybridized carbons (Fsp3) is 0.519. The highest BCUT2D eigenvalue weighted by Crippen LogP contribution is 2.26. The van der Waals surface area contributed by atoms with Gasteiger partial charge in [-0.2, -0.15) is 0 Å². The molecule has 2 aliphatic rings. The highest BCUT2D eigenvalue weighted by atomic mass is 16.5. The van der Waals surface area contributed by atoms with E-state index in [0.717, 1.165) is 68.4 Å². The summed E-state index contributed by atoms with van der Waals surface area (Å²) in [6.45, 7) is 8.44. The van der Waals surface area contributed by atoms with Crippen molar-refractivity contribution in [3.63, 3.8) is 0 Å². The van der Waals surface area contributed by atoms with Gasteiger partial charge in [0.25, 0.3) is 0 Å². The van der Waals surface area contributed by atoms with Crippen molar-refractivity contribution in [2.24, 2.45) is 5.92 Å². The number of hydrogen-bond donors (Lipinski definition) is 1. The van der Waals surface area contributed by atoms with Crippen LogP contribution in [0, 0.1) is 5.92 Å². The van der Waals surface area contributed by atoms with Gasteiger partial charge < -0.3 is 19.3 Å². The van der Waals surface area contributed by atoms with Gasteiger partial charge in [-0.15, -0.1) is 0 Å². The summed E-state index contributed by atoms with van der Waals surface area (Å²) in [7, 11) is 2.09. The van der Waals surface area contributed by atoms with Gasteiger partial charge in [0.05, 0.1) is 18.1 Å². The average Bonchev–Trinajstić information content (AvgIpc) is 3.26. The van der Waals surface area contributed by atoms with Crippen molar-refractivity contribution in [3.05, 3.63) is 54.1 Å². The van der Waals surface area contributed by atoms with E-state index in [-0.39, 0.29) is 6.10 Å². The Morgan fingerprint density at radius 2 is 1.97 bits per heavy atom. The van der Waals surface area contributed by atoms with Gasteiger partial charge in [-0.25, -0.2) is 0 Å². The lowest BCUT2D eigenvalue weighted by Crippen LogP contribution is -2.49. The van der Waals surface area contributed by atoms with E-state index in [1.807, 2.05) is 18.2 Å². The van der Waals surface area contributed by atoms with Crippen LogP contribution in [0.5, 0.6) is 5.75 Å². The molecule has 2 aliphatic heterocycles. The molecule has 2 aromatic carbocycles. The summed E-state index contributed by atoms with van der Waals surface area (Å²) in [5, 5.41) is 14.9. The van der Waals surface area contributed by atoms with Crippen LogP contribution in [0.4, 0.5) is 5.82 Å². The Hall–Kier alpha value is -2.61. The third-order valence-corrected chi connectivity index (χ3v) is 7.28. The first-order chi connectivity index (χ1) is 16.5. The van der Waals surface area contributed by atoms with Gasteiger partial charge in [0.2, 0.25) is 0 Å². The fourth-order valence-corrected chi connectivity index (χ4v) is 5.12. The molecular weight excluding hydrogens is 428 g/mol. The van der Waals surface area contributed by atoms with E-state index in [4.69, 9.17) is 9.26 Å². The van der Waals surface area contributed by atoms with Crippen LogP contribution in [0.3, 0.4) is 0 Å². The predicted molar refractivity (Wildman–Crippen MR) is 134 cm³/mol. The first-order valence-corrected chi connectivity index (χ1v) is 12.5. The molecule has 1 N–H and O–H groups in total. The molecule has 2 saturated heterocycles. The first-order valence-electron chi connectivity index (χ1n) is 12.5. The first kappa shape index (κ1) is 23.1. The maximum Gasteiger partial charge on any atom is 0.179 e. The largest absolute Gasteiger partial charge is 0.493 e. The molecule has 3 heterocycles. The molecule has 0 bridgehead atoms. The van der Waals surface area contributed by atoms with Gasteiger partial charge in [-0.1, -0.05) is 29.4 Å². The van der Waals surface area contributed by atoms with Crippen LogP contribution < -0.4 is 9.64 Å². The van der Waals surface area contributed by atoms with Crippen LogP contribution in [0.1, 0.15) is 25.3 Å². The number of benzene rings is 2. The second kappa shape index (κ2) is 10.3. The molecule has 0 amide bonds. The normalized spacial score (nSPS) is 22.1. The van der Waals surface area contributed by atoms with Gasteiger partial charge in [0, 0.05) is 58.3 Å². The standard InChI is InChI=1S/C27H36N4O3/c1-20-10-11-22(19-33-24-7-5-6-21(14-24)15-30-17-23(32)18-30)16-31(20)13-12-29(2)27-25-8-3-4-9-26(25)34-28-27/h3-9,14,20,22-23,32H,10-13,15-19H2,1-2H3. The molecule has 0 radical (unpaired) electrons. The Labute approximate surface area is 201 Å². The Morgan fingerprint density at radius 3 is 2.82 bits per heavy atom. The molecule has 1 aromatic heterocycles. The van der Waals surface area contributed by atoms with Crippen molar-refractivity contribution in [1.29, 1.82) is 0 Å². The van der Waals surface area contributed by atoms with Gasteiger partial charge in [0.1, 0.15) is 5.75 Å². The number of aliphatic hydroxyl groups is 1. The number of nitrogens with zero attached hydrogens (tertiary/aromatic N) is 4. The highest BCUT2D eigenvalue weighted by molar-refractivity contribution is 5.88. The zero-order valence-corrected chi connectivity index (χ0v) is 20.3. The minimum Gasteiger partial charge on any atom is -0.493 e. The second-order valence-corrected chi connectivity index (χ2v) is 10.0. The molecule has 7 nitrogen and oxygen atoms in total. The number of likely N-dealkylation sites (N-methyl/N-ethyl adjacent to an activating group) is 1. The van der Waals surface area contributed by atoms with Crippen molar-refractivity contribution in [2.45, 2.75) is 38.5 Å². The summed E-state index contributed by atoms with van der Waals surface area (Å²) in [5.41, 5.74) is 2.08. The van der Waals surface area contributed by atoms with Crippen LogP contribution in [0.15, 0.2) is 53.1 Å². The number of fused-ring (bicyclic) bond motifs is 1. The maximum absolute atomic E-state index is 9.50. The molecule has 182 valence electrons. The van der Waals surface area contributed by atoms with Crippen LogP contribution in [-0.2, 0) is 6.54 Å². The summed E-state index contributed by atoms with van der Waals surface area (Å²) < 4.78 is 11.7. The summed E-state index contributed by atoms with van der Waals surface area (Å²) >= 11 is 0. The molecular formula is C27H36N4O3. The van der Waals surface area contributed by atoms with E-state index in [9.17, 15) is 5.11 Å². The quantitative estimate of drug-likeness (QED) is 0.519. The van der Waals surface area contributed by atoms with E-state index in [1.54, 1.807) is 0 Å². The molecule has 5 rings (SSSR count). The molecule has 34 heavy (non-hydrogen) atoms. The second-order valence-electron chi connectivity index (χ2n) is 10.0. The SMILES string of the molecule is CC1CCC(COc2cccc(CN3CC(O)C3)c2)CN1CCN(C)c1noc2ccccc12. The van der Waals surface area contributed by atoms with Crippen molar-refractivity contribution < 1.29 is 14.4 Å². The van der Waals surface area contributed by atoms with Gasteiger partial charge in [-0.05, 0) is 49.6 Å². The third kappa shape index (κ3) is 5.37. The number of ether oxygens (including phenoxy) is 1. The third-order valence-electron chi connectivity index (χ3n) is 7.28. The Bertz CT molecular complexity index is 1080. The van der Waals surface area contributed by atoms with Gasteiger partial charge in [0.15, 0.2) is 11.4 Å². The molecule has 0 aliphatic carbocycles. The number of β-amino-alcohol motifs (C(OH)–C–C–N with tert-alkyl or cyclic N) is 1. The monoisotopic (exact) mass is 464 g/mol. The lowest BCUT2D eigenvalue weighted by molar-refractivity contribution is -0.00289. The zero-order valence-electron chi connectivity index (χ0n) is 20.3.